The van der Waals surface area contributed by atoms with Gasteiger partial charge in [0.05, 0.1) is 28.9 Å². The zero-order valence-corrected chi connectivity index (χ0v) is 21.2. The summed E-state index contributed by atoms with van der Waals surface area (Å²) in [4.78, 5) is 18.1. The summed E-state index contributed by atoms with van der Waals surface area (Å²) in [5, 5.41) is 15.4. The molecular weight excluding hydrogens is 472 g/mol. The standard InChI is InChI=1S/C30H31ClN2O3/c1-36-26-13-19(12-24(31)30(26)35)18-4-5-25-22(11-18)28(23(14-32-25)29(34)17-2-3-17)33-27-20-7-15-6-16(9-20)10-21(27)8-15/h4-5,11-17,20-21,27,35H,2-3,6-10H2,1H3,(H,32,33). The Morgan fingerprint density at radius 1 is 1.03 bits per heavy atom. The molecule has 6 heteroatoms. The largest absolute Gasteiger partial charge is 0.503 e. The number of carbonyl (C=O) groups excluding carboxylic acids is 1. The molecule has 0 atom stereocenters. The smallest absolute Gasteiger partial charge is 0.176 e. The zero-order valence-electron chi connectivity index (χ0n) is 20.5. The molecule has 2 N–H and O–H groups in total. The lowest BCUT2D eigenvalue weighted by atomic mass is 9.54. The maximum atomic E-state index is 13.4. The predicted octanol–water partition coefficient (Wildman–Crippen LogP) is 7.10. The number of rotatable bonds is 6. The Labute approximate surface area is 216 Å². The van der Waals surface area contributed by atoms with E-state index < -0.39 is 0 Å². The van der Waals surface area contributed by atoms with Crippen molar-refractivity contribution in [2.24, 2.45) is 29.6 Å². The molecular formula is C30H31ClN2O3. The van der Waals surface area contributed by atoms with Crippen LogP contribution in [0.5, 0.6) is 11.5 Å². The second-order valence-corrected chi connectivity index (χ2v) is 11.9. The first-order valence-corrected chi connectivity index (χ1v) is 13.7. The Morgan fingerprint density at radius 2 is 1.75 bits per heavy atom. The number of hydrogen-bond acceptors (Lipinski definition) is 5. The van der Waals surface area contributed by atoms with Gasteiger partial charge in [0.1, 0.15) is 0 Å². The van der Waals surface area contributed by atoms with Crippen LogP contribution >= 0.6 is 11.6 Å². The van der Waals surface area contributed by atoms with E-state index >= 15 is 0 Å². The van der Waals surface area contributed by atoms with Crippen LogP contribution in [0.2, 0.25) is 5.02 Å². The van der Waals surface area contributed by atoms with E-state index in [1.54, 1.807) is 18.3 Å². The number of nitrogens with zero attached hydrogens (tertiary/aromatic N) is 1. The average molecular weight is 503 g/mol. The quantitative estimate of drug-likeness (QED) is 0.352. The average Bonchev–Trinajstić information content (AvgIpc) is 3.72. The van der Waals surface area contributed by atoms with Crippen LogP contribution in [0, 0.1) is 29.6 Å². The summed E-state index contributed by atoms with van der Waals surface area (Å²) in [7, 11) is 1.52. The van der Waals surface area contributed by atoms with Crippen LogP contribution in [-0.2, 0) is 0 Å². The molecule has 5 fully saturated rings. The van der Waals surface area contributed by atoms with Gasteiger partial charge in [0.15, 0.2) is 17.3 Å². The van der Waals surface area contributed by atoms with Gasteiger partial charge in [0.25, 0.3) is 0 Å². The lowest BCUT2D eigenvalue weighted by molar-refractivity contribution is 0.00755. The molecule has 2 aromatic carbocycles. The first kappa shape index (κ1) is 22.4. The van der Waals surface area contributed by atoms with Crippen LogP contribution in [-0.4, -0.2) is 29.0 Å². The summed E-state index contributed by atoms with van der Waals surface area (Å²) < 4.78 is 5.33. The minimum absolute atomic E-state index is 0.0630. The molecule has 0 radical (unpaired) electrons. The number of carbonyl (C=O) groups is 1. The molecule has 5 aliphatic rings. The van der Waals surface area contributed by atoms with Gasteiger partial charge in [-0.1, -0.05) is 17.7 Å². The van der Waals surface area contributed by atoms with Crippen LogP contribution in [0.3, 0.4) is 0 Å². The Bertz CT molecular complexity index is 1350. The Morgan fingerprint density at radius 3 is 2.42 bits per heavy atom. The summed E-state index contributed by atoms with van der Waals surface area (Å²) in [6.45, 7) is 0. The Hall–Kier alpha value is -2.79. The molecule has 186 valence electrons. The first-order valence-electron chi connectivity index (χ1n) is 13.3. The van der Waals surface area contributed by atoms with E-state index in [1.165, 1.54) is 39.2 Å². The number of nitrogens with one attached hydrogen (secondary N) is 1. The van der Waals surface area contributed by atoms with Crippen LogP contribution in [0.25, 0.3) is 22.0 Å². The van der Waals surface area contributed by atoms with E-state index in [2.05, 4.69) is 11.4 Å². The number of ketones is 1. The fourth-order valence-electron chi connectivity index (χ4n) is 7.50. The second-order valence-electron chi connectivity index (χ2n) is 11.5. The third-order valence-electron chi connectivity index (χ3n) is 9.20. The molecule has 4 bridgehead atoms. The third kappa shape index (κ3) is 3.66. The highest BCUT2D eigenvalue weighted by atomic mass is 35.5. The molecule has 1 heterocycles. The number of benzene rings is 2. The van der Waals surface area contributed by atoms with Crippen molar-refractivity contribution in [2.75, 3.05) is 12.4 Å². The molecule has 1 aromatic heterocycles. The number of anilines is 1. The maximum Gasteiger partial charge on any atom is 0.176 e. The van der Waals surface area contributed by atoms with Crippen molar-refractivity contribution >= 4 is 34.0 Å². The molecule has 36 heavy (non-hydrogen) atoms. The monoisotopic (exact) mass is 502 g/mol. The lowest BCUT2D eigenvalue weighted by Crippen LogP contribution is -2.51. The van der Waals surface area contributed by atoms with Crippen molar-refractivity contribution < 1.29 is 14.6 Å². The SMILES string of the molecule is COc1cc(-c2ccc3ncc(C(=O)C4CC4)c(NC4C5CC6CC(C5)CC4C6)c3c2)cc(Cl)c1O. The molecule has 0 unspecified atom stereocenters. The van der Waals surface area contributed by atoms with Crippen molar-refractivity contribution in [2.45, 2.75) is 51.0 Å². The lowest BCUT2D eigenvalue weighted by Gasteiger charge is -2.54. The van der Waals surface area contributed by atoms with Crippen LogP contribution in [0.4, 0.5) is 5.69 Å². The van der Waals surface area contributed by atoms with E-state index in [0.717, 1.165) is 58.0 Å². The number of methoxy groups -OCH3 is 1. The summed E-state index contributed by atoms with van der Waals surface area (Å²) in [6.07, 6.45) is 10.4. The van der Waals surface area contributed by atoms with Gasteiger partial charge in [-0.25, -0.2) is 0 Å². The van der Waals surface area contributed by atoms with Crippen LogP contribution < -0.4 is 10.1 Å². The van der Waals surface area contributed by atoms with E-state index in [1.807, 2.05) is 12.1 Å². The molecule has 0 spiro atoms. The summed E-state index contributed by atoms with van der Waals surface area (Å²) in [6, 6.07) is 10.1. The van der Waals surface area contributed by atoms with Crippen LogP contribution in [0.1, 0.15) is 55.3 Å². The number of halogens is 1. The number of Topliss-reactive ketones (excluding diaryl/α,β-unsaturated/α-hetero) is 1. The highest BCUT2D eigenvalue weighted by molar-refractivity contribution is 6.32. The molecule has 0 amide bonds. The first-order chi connectivity index (χ1) is 17.5. The van der Waals surface area contributed by atoms with Crippen molar-refractivity contribution in [3.05, 3.63) is 47.1 Å². The number of ether oxygens (including phenoxy) is 1. The van der Waals surface area contributed by atoms with E-state index in [-0.39, 0.29) is 22.5 Å². The summed E-state index contributed by atoms with van der Waals surface area (Å²) >= 11 is 6.30. The van der Waals surface area contributed by atoms with E-state index in [0.29, 0.717) is 23.6 Å². The van der Waals surface area contributed by atoms with Gasteiger partial charge in [0, 0.05) is 23.5 Å². The molecule has 0 saturated heterocycles. The number of aromatic nitrogens is 1. The second kappa shape index (κ2) is 8.37. The Kier molecular flexibility index (Phi) is 5.21. The van der Waals surface area contributed by atoms with Gasteiger partial charge in [-0.05, 0) is 104 Å². The van der Waals surface area contributed by atoms with Crippen LogP contribution in [0.15, 0.2) is 36.5 Å². The normalized spacial score (nSPS) is 28.4. The molecule has 5 aliphatic carbocycles. The van der Waals surface area contributed by atoms with E-state index in [4.69, 9.17) is 21.3 Å². The zero-order chi connectivity index (χ0) is 24.6. The van der Waals surface area contributed by atoms with Crippen molar-refractivity contribution in [1.29, 1.82) is 0 Å². The van der Waals surface area contributed by atoms with Crippen molar-refractivity contribution in [3.63, 3.8) is 0 Å². The molecule has 8 rings (SSSR count). The predicted molar refractivity (Wildman–Crippen MR) is 142 cm³/mol. The number of fused-ring (bicyclic) bond motifs is 1. The fraction of sp³-hybridized carbons (Fsp3) is 0.467. The number of phenols is 1. The Balaban J connectivity index is 1.35. The number of hydrogen-bond donors (Lipinski definition) is 2. The third-order valence-corrected chi connectivity index (χ3v) is 9.49. The number of aromatic hydroxyl groups is 1. The topological polar surface area (TPSA) is 71.5 Å². The van der Waals surface area contributed by atoms with Crippen molar-refractivity contribution in [1.82, 2.24) is 4.98 Å². The van der Waals surface area contributed by atoms with Gasteiger partial charge < -0.3 is 15.2 Å². The van der Waals surface area contributed by atoms with Gasteiger partial charge in [-0.3, -0.25) is 9.78 Å². The van der Waals surface area contributed by atoms with Gasteiger partial charge in [-0.2, -0.15) is 0 Å². The number of phenolic OH excluding ortho intramolecular Hbond substituents is 1. The molecule has 5 saturated carbocycles. The minimum atomic E-state index is -0.0630. The van der Waals surface area contributed by atoms with Gasteiger partial charge >= 0.3 is 0 Å². The molecule has 3 aromatic rings. The minimum Gasteiger partial charge on any atom is -0.503 e. The molecule has 0 aliphatic heterocycles. The summed E-state index contributed by atoms with van der Waals surface area (Å²) in [5.74, 6) is 3.80. The highest BCUT2D eigenvalue weighted by Gasteiger charge is 2.48. The highest BCUT2D eigenvalue weighted by Crippen LogP contribution is 2.55. The summed E-state index contributed by atoms with van der Waals surface area (Å²) in [5.41, 5.74) is 4.34. The maximum absolute atomic E-state index is 13.4. The number of pyridine rings is 1. The molecule has 5 nitrogen and oxygen atoms in total. The van der Waals surface area contributed by atoms with Gasteiger partial charge in [-0.15, -0.1) is 0 Å². The van der Waals surface area contributed by atoms with Crippen molar-refractivity contribution in [3.8, 4) is 22.6 Å². The van der Waals surface area contributed by atoms with Gasteiger partial charge in [0.2, 0.25) is 0 Å². The fourth-order valence-corrected chi connectivity index (χ4v) is 7.71. The van der Waals surface area contributed by atoms with E-state index in [9.17, 15) is 9.90 Å².